The Hall–Kier alpha value is 0.180. The maximum absolute atomic E-state index is 9.39. The van der Waals surface area contributed by atoms with Crippen molar-refractivity contribution in [3.05, 3.63) is 0 Å². The van der Waals surface area contributed by atoms with Crippen LogP contribution in [0.15, 0.2) is 8.68 Å². The molecule has 0 aromatic carbocycles. The minimum absolute atomic E-state index is 0.424. The molecule has 0 bridgehead atoms. The van der Waals surface area contributed by atoms with Gasteiger partial charge in [-0.25, -0.2) is 0 Å². The van der Waals surface area contributed by atoms with Crippen molar-refractivity contribution in [2.45, 2.75) is 46.2 Å². The number of rotatable bonds is 6. The van der Waals surface area contributed by atoms with Crippen LogP contribution < -0.4 is 0 Å². The summed E-state index contributed by atoms with van der Waals surface area (Å²) in [5.74, 6) is 0. The lowest BCUT2D eigenvalue weighted by molar-refractivity contribution is 0.259. The number of hydrogen-bond donors (Lipinski definition) is 2. The molecule has 0 radical (unpaired) electrons. The minimum atomic E-state index is -0.424. The molecule has 2 unspecified atom stereocenters. The van der Waals surface area contributed by atoms with Crippen molar-refractivity contribution in [1.29, 1.82) is 0 Å². The van der Waals surface area contributed by atoms with Crippen LogP contribution in [-0.4, -0.2) is 31.3 Å². The molecule has 15 heavy (non-hydrogen) atoms. The van der Waals surface area contributed by atoms with Gasteiger partial charge in [0, 0.05) is 0 Å². The lowest BCUT2D eigenvalue weighted by atomic mass is 10.5. The molecule has 1 aromatic heterocycles. The molecule has 1 heterocycles. The fourth-order valence-electron chi connectivity index (χ4n) is 0.692. The fourth-order valence-corrected chi connectivity index (χ4v) is 3.66. The number of nitrogens with zero attached hydrogens (tertiary/aromatic N) is 2. The summed E-state index contributed by atoms with van der Waals surface area (Å²) in [7, 11) is 0. The van der Waals surface area contributed by atoms with E-state index in [2.05, 4.69) is 10.2 Å². The van der Waals surface area contributed by atoms with Crippen molar-refractivity contribution in [2.75, 3.05) is 0 Å². The van der Waals surface area contributed by atoms with Crippen molar-refractivity contribution < 1.29 is 10.2 Å². The van der Waals surface area contributed by atoms with E-state index in [1.807, 2.05) is 13.8 Å². The Morgan fingerprint density at radius 2 is 1.47 bits per heavy atom. The van der Waals surface area contributed by atoms with Gasteiger partial charge in [0.15, 0.2) is 8.68 Å². The Morgan fingerprint density at radius 3 is 1.80 bits per heavy atom. The van der Waals surface area contributed by atoms with Crippen molar-refractivity contribution in [2.24, 2.45) is 0 Å². The summed E-state index contributed by atoms with van der Waals surface area (Å²) < 4.78 is 1.49. The van der Waals surface area contributed by atoms with E-state index >= 15 is 0 Å². The van der Waals surface area contributed by atoms with Crippen LogP contribution in [-0.2, 0) is 0 Å². The minimum Gasteiger partial charge on any atom is -0.382 e. The lowest BCUT2D eigenvalue weighted by Gasteiger charge is -2.02. The molecular weight excluding hydrogens is 252 g/mol. The third-order valence-corrected chi connectivity index (χ3v) is 4.93. The van der Waals surface area contributed by atoms with Gasteiger partial charge < -0.3 is 10.2 Å². The Morgan fingerprint density at radius 1 is 1.07 bits per heavy atom. The van der Waals surface area contributed by atoms with Gasteiger partial charge in [0.2, 0.25) is 0 Å². The summed E-state index contributed by atoms with van der Waals surface area (Å²) in [6.45, 7) is 3.82. The normalized spacial score (nSPS) is 15.2. The maximum atomic E-state index is 9.39. The molecule has 0 aliphatic heterocycles. The molecule has 1 aromatic rings. The molecule has 0 saturated carbocycles. The molecule has 86 valence electrons. The molecular formula is C8H14N2O2S3. The van der Waals surface area contributed by atoms with E-state index in [0.29, 0.717) is 12.8 Å². The van der Waals surface area contributed by atoms with Crippen LogP contribution in [0.4, 0.5) is 0 Å². The third kappa shape index (κ3) is 4.69. The first-order valence-electron chi connectivity index (χ1n) is 4.68. The smallest absolute Gasteiger partial charge is 0.177 e. The van der Waals surface area contributed by atoms with E-state index in [4.69, 9.17) is 0 Å². The van der Waals surface area contributed by atoms with Gasteiger partial charge in [-0.2, -0.15) is 0 Å². The molecule has 0 saturated heterocycles. The van der Waals surface area contributed by atoms with Gasteiger partial charge in [0.1, 0.15) is 10.9 Å². The number of aromatic nitrogens is 2. The Bertz CT molecular complexity index is 269. The largest absolute Gasteiger partial charge is 0.382 e. The van der Waals surface area contributed by atoms with E-state index in [1.165, 1.54) is 34.9 Å². The van der Waals surface area contributed by atoms with Gasteiger partial charge in [-0.1, -0.05) is 48.7 Å². The second-order valence-corrected chi connectivity index (χ2v) is 6.62. The number of aliphatic hydroxyl groups is 2. The molecule has 1 rings (SSSR count). The van der Waals surface area contributed by atoms with E-state index in [-0.39, 0.29) is 0 Å². The fraction of sp³-hybridized carbons (Fsp3) is 0.750. The van der Waals surface area contributed by atoms with Crippen molar-refractivity contribution >= 4 is 34.9 Å². The highest BCUT2D eigenvalue weighted by molar-refractivity contribution is 8.03. The molecule has 2 N–H and O–H groups in total. The summed E-state index contributed by atoms with van der Waals surface area (Å²) in [5.41, 5.74) is -0.848. The predicted molar refractivity (Wildman–Crippen MR) is 64.2 cm³/mol. The Balaban J connectivity index is 2.49. The molecule has 0 amide bonds. The second kappa shape index (κ2) is 6.70. The van der Waals surface area contributed by atoms with E-state index in [1.54, 1.807) is 0 Å². The van der Waals surface area contributed by atoms with Crippen LogP contribution in [0.25, 0.3) is 0 Å². The van der Waals surface area contributed by atoms with E-state index in [0.717, 1.165) is 8.68 Å². The molecule has 0 fully saturated rings. The lowest BCUT2D eigenvalue weighted by Crippen LogP contribution is -1.96. The SMILES string of the molecule is CCC(O)Sc1nnc(SC(O)CC)s1. The highest BCUT2D eigenvalue weighted by atomic mass is 32.2. The summed E-state index contributed by atoms with van der Waals surface area (Å²) in [5, 5.41) is 26.7. The average Bonchev–Trinajstić information content (AvgIpc) is 2.65. The third-order valence-electron chi connectivity index (χ3n) is 1.56. The maximum Gasteiger partial charge on any atom is 0.177 e. The number of thioether (sulfide) groups is 2. The van der Waals surface area contributed by atoms with Crippen molar-refractivity contribution in [3.8, 4) is 0 Å². The Labute approximate surface area is 102 Å². The molecule has 7 heteroatoms. The summed E-state index contributed by atoms with van der Waals surface area (Å²) >= 11 is 4.01. The summed E-state index contributed by atoms with van der Waals surface area (Å²) in [6, 6.07) is 0. The number of hydrogen-bond acceptors (Lipinski definition) is 7. The topological polar surface area (TPSA) is 66.2 Å². The van der Waals surface area contributed by atoms with Crippen molar-refractivity contribution in [1.82, 2.24) is 10.2 Å². The summed E-state index contributed by atoms with van der Waals surface area (Å²) in [6.07, 6.45) is 1.37. The van der Waals surface area contributed by atoms with Crippen LogP contribution in [0, 0.1) is 0 Å². The Kier molecular flexibility index (Phi) is 5.91. The first-order valence-corrected chi connectivity index (χ1v) is 7.26. The monoisotopic (exact) mass is 266 g/mol. The quantitative estimate of drug-likeness (QED) is 0.608. The van der Waals surface area contributed by atoms with Gasteiger partial charge in [0.25, 0.3) is 0 Å². The summed E-state index contributed by atoms with van der Waals surface area (Å²) in [4.78, 5) is 0. The van der Waals surface area contributed by atoms with Crippen LogP contribution in [0.1, 0.15) is 26.7 Å². The van der Waals surface area contributed by atoms with Gasteiger partial charge in [-0.05, 0) is 12.8 Å². The standard InChI is InChI=1S/C8H14N2O2S3/c1-3-5(11)13-7-9-10-8(15-7)14-6(12)4-2/h5-6,11-12H,3-4H2,1-2H3. The first-order chi connectivity index (χ1) is 7.15. The number of aliphatic hydroxyl groups excluding tert-OH is 2. The van der Waals surface area contributed by atoms with Gasteiger partial charge in [-0.15, -0.1) is 10.2 Å². The molecule has 0 aliphatic rings. The van der Waals surface area contributed by atoms with Crippen LogP contribution >= 0.6 is 34.9 Å². The highest BCUT2D eigenvalue weighted by Gasteiger charge is 2.12. The van der Waals surface area contributed by atoms with Crippen LogP contribution in [0.2, 0.25) is 0 Å². The predicted octanol–water partition coefficient (Wildman–Crippen LogP) is 2.18. The molecule has 4 nitrogen and oxygen atoms in total. The van der Waals surface area contributed by atoms with Gasteiger partial charge in [-0.3, -0.25) is 0 Å². The second-order valence-electron chi connectivity index (χ2n) is 2.80. The molecule has 2 atom stereocenters. The van der Waals surface area contributed by atoms with Gasteiger partial charge in [0.05, 0.1) is 0 Å². The molecule has 0 aliphatic carbocycles. The van der Waals surface area contributed by atoms with Crippen molar-refractivity contribution in [3.63, 3.8) is 0 Å². The van der Waals surface area contributed by atoms with E-state index < -0.39 is 10.9 Å². The highest BCUT2D eigenvalue weighted by Crippen LogP contribution is 2.33. The van der Waals surface area contributed by atoms with Crippen LogP contribution in [0.3, 0.4) is 0 Å². The zero-order valence-corrected chi connectivity index (χ0v) is 11.0. The zero-order valence-electron chi connectivity index (χ0n) is 8.58. The average molecular weight is 266 g/mol. The first kappa shape index (κ1) is 13.2. The van der Waals surface area contributed by atoms with Gasteiger partial charge >= 0.3 is 0 Å². The molecule has 0 spiro atoms. The zero-order chi connectivity index (χ0) is 11.3. The van der Waals surface area contributed by atoms with Crippen LogP contribution in [0.5, 0.6) is 0 Å². The van der Waals surface area contributed by atoms with E-state index in [9.17, 15) is 10.2 Å².